The highest BCUT2D eigenvalue weighted by atomic mass is 31.2. The predicted octanol–water partition coefficient (Wildman–Crippen LogP) is 1.21. The molecule has 1 rings (SSSR count). The highest BCUT2D eigenvalue weighted by Gasteiger charge is 2.37. The van der Waals surface area contributed by atoms with Gasteiger partial charge in [-0.15, -0.1) is 19.3 Å². The lowest BCUT2D eigenvalue weighted by Crippen LogP contribution is -2.52. The molecule has 12 heteroatoms. The van der Waals surface area contributed by atoms with Gasteiger partial charge in [0.05, 0.1) is 25.7 Å². The van der Waals surface area contributed by atoms with Gasteiger partial charge in [-0.1, -0.05) is 24.7 Å². The minimum atomic E-state index is -3.65. The first-order valence-corrected chi connectivity index (χ1v) is 15.2. The van der Waals surface area contributed by atoms with Gasteiger partial charge < -0.3 is 30.7 Å². The fourth-order valence-corrected chi connectivity index (χ4v) is 5.26. The second kappa shape index (κ2) is 18.1. The molecule has 0 aliphatic heterocycles. The van der Waals surface area contributed by atoms with Gasteiger partial charge in [0.1, 0.15) is 0 Å². The molecule has 0 aromatic carbocycles. The summed E-state index contributed by atoms with van der Waals surface area (Å²) < 4.78 is 17.3. The topological polar surface area (TPSA) is 163 Å². The van der Waals surface area contributed by atoms with E-state index in [2.05, 4.69) is 39.0 Å². The van der Waals surface area contributed by atoms with Gasteiger partial charge in [-0.2, -0.15) is 0 Å². The van der Waals surface area contributed by atoms with Gasteiger partial charge in [-0.05, 0) is 44.9 Å². The zero-order valence-corrected chi connectivity index (χ0v) is 24.0. The van der Waals surface area contributed by atoms with E-state index in [4.69, 9.17) is 23.8 Å². The van der Waals surface area contributed by atoms with Crippen LogP contribution in [0.25, 0.3) is 0 Å². The summed E-state index contributed by atoms with van der Waals surface area (Å²) in [5.41, 5.74) is -1.07. The van der Waals surface area contributed by atoms with Crippen LogP contribution in [0.2, 0.25) is 0 Å². The Labute approximate surface area is 237 Å². The molecule has 1 aliphatic carbocycles. The molecule has 1 saturated carbocycles. The molecule has 0 spiro atoms. The van der Waals surface area contributed by atoms with Crippen LogP contribution in [0.3, 0.4) is 0 Å². The molecule has 0 bridgehead atoms. The maximum Gasteiger partial charge on any atom is 0.328 e. The third-order valence-corrected chi connectivity index (χ3v) is 8.23. The first-order valence-electron chi connectivity index (χ1n) is 13.4. The minimum absolute atomic E-state index is 0.00327. The van der Waals surface area contributed by atoms with Gasteiger partial charge in [0, 0.05) is 36.9 Å². The van der Waals surface area contributed by atoms with Crippen molar-refractivity contribution in [3.63, 3.8) is 0 Å². The Bertz CT molecular complexity index is 965. The fraction of sp³-hybridized carbons (Fsp3) is 0.643. The van der Waals surface area contributed by atoms with Crippen LogP contribution < -0.4 is 21.3 Å². The molecule has 11 nitrogen and oxygen atoms in total. The van der Waals surface area contributed by atoms with Gasteiger partial charge in [0.15, 0.2) is 0 Å². The Morgan fingerprint density at radius 2 is 1.23 bits per heavy atom. The van der Waals surface area contributed by atoms with E-state index in [1.165, 1.54) is 0 Å². The quantitative estimate of drug-likeness (QED) is 0.128. The van der Waals surface area contributed by atoms with Gasteiger partial charge in [-0.25, -0.2) is 0 Å². The van der Waals surface area contributed by atoms with E-state index in [-0.39, 0.29) is 87.9 Å². The molecular weight excluding hydrogens is 535 g/mol. The number of hydrogen-bond acceptors (Lipinski definition) is 6. The van der Waals surface area contributed by atoms with Crippen molar-refractivity contribution in [3.05, 3.63) is 0 Å². The molecule has 1 aliphatic rings. The zero-order valence-electron chi connectivity index (χ0n) is 23.1. The lowest BCUT2D eigenvalue weighted by Gasteiger charge is -2.37. The molecule has 4 amide bonds. The van der Waals surface area contributed by atoms with Crippen molar-refractivity contribution in [1.29, 1.82) is 0 Å². The molecule has 1 unspecified atom stereocenters. The number of amides is 4. The highest BCUT2D eigenvalue weighted by molar-refractivity contribution is 7.52. The summed E-state index contributed by atoms with van der Waals surface area (Å²) in [6, 6.07) is 0. The first-order chi connectivity index (χ1) is 19.0. The van der Waals surface area contributed by atoms with E-state index in [1.54, 1.807) is 6.92 Å². The number of terminal acetylenes is 3. The normalized spacial score (nSPS) is 18.1. The van der Waals surface area contributed by atoms with Crippen LogP contribution in [0.5, 0.6) is 0 Å². The molecule has 0 aromatic heterocycles. The summed E-state index contributed by atoms with van der Waals surface area (Å²) in [5.74, 6) is 5.32. The second-order valence-corrected chi connectivity index (χ2v) is 11.9. The average molecular weight is 577 g/mol. The minimum Gasteiger partial charge on any atom is -0.350 e. The van der Waals surface area contributed by atoms with Gasteiger partial charge in [-0.3, -0.25) is 23.7 Å². The smallest absolute Gasteiger partial charge is 0.328 e. The summed E-state index contributed by atoms with van der Waals surface area (Å²) in [6.07, 6.45) is 17.5. The average Bonchev–Trinajstić information content (AvgIpc) is 2.94. The van der Waals surface area contributed by atoms with E-state index < -0.39 is 25.2 Å². The number of nitrogens with one attached hydrogen (secondary N) is 4. The van der Waals surface area contributed by atoms with Crippen LogP contribution in [0.1, 0.15) is 71.1 Å². The Balaban J connectivity index is 3.09. The summed E-state index contributed by atoms with van der Waals surface area (Å²) in [7, 11) is -3.65. The second-order valence-electron chi connectivity index (χ2n) is 9.74. The number of carbonyl (C=O) groups excluding carboxylic acids is 4. The monoisotopic (exact) mass is 576 g/mol. The van der Waals surface area contributed by atoms with Gasteiger partial charge in [0.25, 0.3) is 0 Å². The van der Waals surface area contributed by atoms with Crippen molar-refractivity contribution in [2.24, 2.45) is 5.92 Å². The maximum atomic E-state index is 13.5. The number of rotatable bonds is 17. The van der Waals surface area contributed by atoms with Crippen molar-refractivity contribution in [1.82, 2.24) is 21.3 Å². The van der Waals surface area contributed by atoms with Gasteiger partial charge >= 0.3 is 7.60 Å². The van der Waals surface area contributed by atoms with Crippen LogP contribution in [-0.2, 0) is 28.3 Å². The molecule has 0 saturated heterocycles. The van der Waals surface area contributed by atoms with Crippen molar-refractivity contribution >= 4 is 31.2 Å². The third-order valence-electron chi connectivity index (χ3n) is 6.80. The molecule has 40 heavy (non-hydrogen) atoms. The third kappa shape index (κ3) is 13.7. The Morgan fingerprint density at radius 3 is 1.57 bits per heavy atom. The Kier molecular flexibility index (Phi) is 15.7. The van der Waals surface area contributed by atoms with Crippen LogP contribution in [0.4, 0.5) is 0 Å². The van der Waals surface area contributed by atoms with Crippen molar-refractivity contribution in [2.75, 3.05) is 25.8 Å². The lowest BCUT2D eigenvalue weighted by molar-refractivity contribution is -0.131. The Morgan fingerprint density at radius 1 is 0.825 bits per heavy atom. The van der Waals surface area contributed by atoms with Crippen LogP contribution in [-0.4, -0.2) is 66.0 Å². The zero-order chi connectivity index (χ0) is 30.0. The molecule has 220 valence electrons. The van der Waals surface area contributed by atoms with Crippen LogP contribution in [0.15, 0.2) is 0 Å². The summed E-state index contributed by atoms with van der Waals surface area (Å²) in [4.78, 5) is 60.4. The van der Waals surface area contributed by atoms with E-state index >= 15 is 0 Å². The molecule has 1 atom stereocenters. The van der Waals surface area contributed by atoms with Gasteiger partial charge in [0.2, 0.25) is 23.6 Å². The molecule has 1 fully saturated rings. The highest BCUT2D eigenvalue weighted by Crippen LogP contribution is 2.45. The lowest BCUT2D eigenvalue weighted by atomic mass is 9.81. The maximum absolute atomic E-state index is 13.5. The predicted molar refractivity (Wildman–Crippen MR) is 151 cm³/mol. The summed E-state index contributed by atoms with van der Waals surface area (Å²) in [5, 5.41) is 10.8. The SMILES string of the molecule is C#CCNC(=O)CCC(CCC(=O)NCC#C)(CCC(=O)NCC#C)NC(=O)C1CCC(OP(=O)(O)CC)CC1. The fourth-order valence-electron chi connectivity index (χ4n) is 4.44. The van der Waals surface area contributed by atoms with Crippen molar-refractivity contribution in [3.8, 4) is 37.0 Å². The standard InChI is InChI=1S/C28H41N4O7P/c1-5-19-29-24(33)13-16-28(17-14-25(34)30-20-6-2,18-15-26(35)31-21-7-3)32-27(36)22-9-11-23(12-10-22)39-40(37,38)8-4/h1-3,22-23H,8-21H2,4H3,(H,29,33)(H,30,34)(H,31,35)(H,32,36)(H,37,38). The summed E-state index contributed by atoms with van der Waals surface area (Å²) in [6.45, 7) is 1.72. The van der Waals surface area contributed by atoms with Crippen LogP contribution >= 0.6 is 7.60 Å². The van der Waals surface area contributed by atoms with Crippen molar-refractivity contribution < 1.29 is 33.2 Å². The number of hydrogen-bond donors (Lipinski definition) is 5. The number of carbonyl (C=O) groups is 4. The molecule has 0 aromatic rings. The summed E-state index contributed by atoms with van der Waals surface area (Å²) >= 11 is 0. The Hall–Kier alpha value is -3.29. The van der Waals surface area contributed by atoms with E-state index in [9.17, 15) is 28.6 Å². The van der Waals surface area contributed by atoms with E-state index in [1.807, 2.05) is 0 Å². The first kappa shape index (κ1) is 34.7. The molecule has 5 N–H and O–H groups in total. The largest absolute Gasteiger partial charge is 0.350 e. The molecular formula is C28H41N4O7P. The van der Waals surface area contributed by atoms with Crippen molar-refractivity contribution in [2.45, 2.75) is 82.8 Å². The molecule has 0 radical (unpaired) electrons. The van der Waals surface area contributed by atoms with E-state index in [0.29, 0.717) is 25.7 Å². The molecule has 0 heterocycles. The van der Waals surface area contributed by atoms with Crippen LogP contribution in [0, 0.1) is 42.9 Å². The van der Waals surface area contributed by atoms with E-state index in [0.717, 1.165) is 0 Å².